The molecule has 0 radical (unpaired) electrons. The standard InChI is InChI=1S/C14H23N7O8/c15-6(1-8(16)22)13(28)19-4-11(25)21-7(2-9(17)23)14(29)20-3-10(24)18-5-12(26)27/h6-7H,1-5,15H2,(H2,16,22)(H2,17,23)(H,18,24)(H,19,28)(H,20,29)(H,21,25)(H,26,27)/t6-,7-/m0/s1. The average molecular weight is 417 g/mol. The molecule has 15 heteroatoms. The summed E-state index contributed by atoms with van der Waals surface area (Å²) in [6.07, 6.45) is -1.05. The molecule has 6 amide bonds. The molecule has 0 spiro atoms. The van der Waals surface area contributed by atoms with Crippen LogP contribution in [0.2, 0.25) is 0 Å². The monoisotopic (exact) mass is 417 g/mol. The molecule has 0 rings (SSSR count). The zero-order chi connectivity index (χ0) is 22.6. The summed E-state index contributed by atoms with van der Waals surface area (Å²) in [5.74, 6) is -6.54. The molecule has 0 heterocycles. The second-order valence-corrected chi connectivity index (χ2v) is 5.67. The Morgan fingerprint density at radius 3 is 1.76 bits per heavy atom. The van der Waals surface area contributed by atoms with Crippen molar-refractivity contribution in [2.45, 2.75) is 24.9 Å². The molecule has 15 nitrogen and oxygen atoms in total. The summed E-state index contributed by atoms with van der Waals surface area (Å²) in [6.45, 7) is -1.91. The highest BCUT2D eigenvalue weighted by Crippen LogP contribution is 1.93. The molecule has 0 bridgehead atoms. The van der Waals surface area contributed by atoms with Gasteiger partial charge in [-0.05, 0) is 0 Å². The van der Waals surface area contributed by atoms with E-state index < -0.39 is 86.0 Å². The van der Waals surface area contributed by atoms with Crippen LogP contribution in [0.4, 0.5) is 0 Å². The number of hydrogen-bond donors (Lipinski definition) is 8. The van der Waals surface area contributed by atoms with Gasteiger partial charge in [-0.25, -0.2) is 0 Å². The number of nitrogens with two attached hydrogens (primary N) is 3. The van der Waals surface area contributed by atoms with Gasteiger partial charge in [-0.3, -0.25) is 33.6 Å². The molecule has 0 aromatic rings. The van der Waals surface area contributed by atoms with Gasteiger partial charge in [0.15, 0.2) is 0 Å². The lowest BCUT2D eigenvalue weighted by atomic mass is 10.1. The van der Waals surface area contributed by atoms with Crippen molar-refractivity contribution < 1.29 is 38.7 Å². The maximum Gasteiger partial charge on any atom is 0.322 e. The van der Waals surface area contributed by atoms with Crippen molar-refractivity contribution in [2.24, 2.45) is 17.2 Å². The first-order valence-corrected chi connectivity index (χ1v) is 8.07. The number of carboxylic acid groups (broad SMARTS) is 1. The van der Waals surface area contributed by atoms with Gasteiger partial charge in [0, 0.05) is 0 Å². The first-order valence-electron chi connectivity index (χ1n) is 8.07. The van der Waals surface area contributed by atoms with Crippen LogP contribution in [-0.4, -0.2) is 78.2 Å². The van der Waals surface area contributed by atoms with Crippen LogP contribution in [-0.2, 0) is 33.6 Å². The minimum Gasteiger partial charge on any atom is -0.480 e. The van der Waals surface area contributed by atoms with Gasteiger partial charge in [0.1, 0.15) is 12.6 Å². The van der Waals surface area contributed by atoms with E-state index in [1.165, 1.54) is 0 Å². The van der Waals surface area contributed by atoms with Crippen molar-refractivity contribution in [1.82, 2.24) is 21.3 Å². The van der Waals surface area contributed by atoms with Gasteiger partial charge >= 0.3 is 5.97 Å². The predicted molar refractivity (Wildman–Crippen MR) is 94.2 cm³/mol. The van der Waals surface area contributed by atoms with E-state index in [0.29, 0.717) is 0 Å². The molecule has 0 aliphatic carbocycles. The fourth-order valence-electron chi connectivity index (χ4n) is 1.79. The van der Waals surface area contributed by atoms with E-state index in [4.69, 9.17) is 22.3 Å². The number of primary amides is 2. The largest absolute Gasteiger partial charge is 0.480 e. The second-order valence-electron chi connectivity index (χ2n) is 5.67. The zero-order valence-corrected chi connectivity index (χ0v) is 15.2. The smallest absolute Gasteiger partial charge is 0.322 e. The van der Waals surface area contributed by atoms with Crippen LogP contribution in [0.5, 0.6) is 0 Å². The number of carbonyl (C=O) groups is 7. The summed E-state index contributed by atoms with van der Waals surface area (Å²) in [4.78, 5) is 79.0. The Kier molecular flexibility index (Phi) is 11.0. The summed E-state index contributed by atoms with van der Waals surface area (Å²) in [6, 6.07) is -2.72. The van der Waals surface area contributed by atoms with Crippen LogP contribution < -0.4 is 38.5 Å². The van der Waals surface area contributed by atoms with Crippen LogP contribution in [0.3, 0.4) is 0 Å². The SMILES string of the molecule is NC(=O)C[C@H](NC(=O)CNC(=O)[C@@H](N)CC(N)=O)C(=O)NCC(=O)NCC(=O)O. The third-order valence-electron chi connectivity index (χ3n) is 3.10. The average Bonchev–Trinajstić information content (AvgIpc) is 2.60. The number of rotatable bonds is 13. The van der Waals surface area contributed by atoms with Crippen molar-refractivity contribution in [3.05, 3.63) is 0 Å². The predicted octanol–water partition coefficient (Wildman–Crippen LogP) is -6.02. The van der Waals surface area contributed by atoms with Crippen molar-refractivity contribution in [3.63, 3.8) is 0 Å². The Hall–Kier alpha value is -3.75. The zero-order valence-electron chi connectivity index (χ0n) is 15.2. The van der Waals surface area contributed by atoms with E-state index in [0.717, 1.165) is 0 Å². The Bertz CT molecular complexity index is 681. The first-order chi connectivity index (χ1) is 13.4. The molecule has 0 aromatic carbocycles. The fraction of sp³-hybridized carbons (Fsp3) is 0.500. The molecule has 0 aliphatic rings. The molecule has 0 saturated carbocycles. The number of carboxylic acids is 1. The van der Waals surface area contributed by atoms with Crippen LogP contribution in [0.15, 0.2) is 0 Å². The van der Waals surface area contributed by atoms with Crippen molar-refractivity contribution in [3.8, 4) is 0 Å². The van der Waals surface area contributed by atoms with E-state index in [9.17, 15) is 33.6 Å². The third-order valence-corrected chi connectivity index (χ3v) is 3.10. The minimum absolute atomic E-state index is 0.440. The van der Waals surface area contributed by atoms with Crippen LogP contribution in [0.1, 0.15) is 12.8 Å². The van der Waals surface area contributed by atoms with E-state index >= 15 is 0 Å². The molecule has 0 unspecified atom stereocenters. The molecule has 11 N–H and O–H groups in total. The normalized spacial score (nSPS) is 12.0. The number of carbonyl (C=O) groups excluding carboxylic acids is 6. The Morgan fingerprint density at radius 2 is 1.24 bits per heavy atom. The molecular weight excluding hydrogens is 394 g/mol. The van der Waals surface area contributed by atoms with Gasteiger partial charge < -0.3 is 43.6 Å². The Labute approximate surface area is 164 Å². The van der Waals surface area contributed by atoms with Crippen molar-refractivity contribution in [2.75, 3.05) is 19.6 Å². The number of amides is 6. The van der Waals surface area contributed by atoms with Gasteiger partial charge in [-0.15, -0.1) is 0 Å². The van der Waals surface area contributed by atoms with E-state index in [-0.39, 0.29) is 0 Å². The van der Waals surface area contributed by atoms with Crippen LogP contribution in [0.25, 0.3) is 0 Å². The highest BCUT2D eigenvalue weighted by atomic mass is 16.4. The number of nitrogens with one attached hydrogen (secondary N) is 4. The molecule has 0 aromatic heterocycles. The van der Waals surface area contributed by atoms with Crippen LogP contribution >= 0.6 is 0 Å². The molecule has 0 fully saturated rings. The van der Waals surface area contributed by atoms with E-state index in [2.05, 4.69) is 16.0 Å². The third kappa shape index (κ3) is 12.3. The highest BCUT2D eigenvalue weighted by Gasteiger charge is 2.24. The molecular formula is C14H23N7O8. The molecule has 0 aliphatic heterocycles. The molecule has 0 saturated heterocycles. The minimum atomic E-state index is -1.46. The quantitative estimate of drug-likeness (QED) is 0.141. The Balaban J connectivity index is 4.63. The lowest BCUT2D eigenvalue weighted by Crippen LogP contribution is -2.53. The van der Waals surface area contributed by atoms with Crippen molar-refractivity contribution >= 4 is 41.4 Å². The molecule has 162 valence electrons. The second kappa shape index (κ2) is 12.6. The van der Waals surface area contributed by atoms with E-state index in [1.807, 2.05) is 5.32 Å². The lowest BCUT2D eigenvalue weighted by Gasteiger charge is -2.17. The summed E-state index contributed by atoms with van der Waals surface area (Å²) < 4.78 is 0. The van der Waals surface area contributed by atoms with E-state index in [1.54, 1.807) is 0 Å². The van der Waals surface area contributed by atoms with Crippen LogP contribution in [0, 0.1) is 0 Å². The topological polar surface area (TPSA) is 266 Å². The van der Waals surface area contributed by atoms with Gasteiger partial charge in [0.2, 0.25) is 35.4 Å². The van der Waals surface area contributed by atoms with Gasteiger partial charge in [-0.2, -0.15) is 0 Å². The fourth-order valence-corrected chi connectivity index (χ4v) is 1.79. The summed E-state index contributed by atoms with van der Waals surface area (Å²) in [7, 11) is 0. The molecule has 29 heavy (non-hydrogen) atoms. The maximum absolute atomic E-state index is 12.0. The summed E-state index contributed by atoms with van der Waals surface area (Å²) >= 11 is 0. The highest BCUT2D eigenvalue weighted by molar-refractivity contribution is 5.95. The van der Waals surface area contributed by atoms with Gasteiger partial charge in [-0.1, -0.05) is 0 Å². The lowest BCUT2D eigenvalue weighted by molar-refractivity contribution is -0.138. The molecule has 2 atom stereocenters. The van der Waals surface area contributed by atoms with Gasteiger partial charge in [0.05, 0.1) is 32.0 Å². The first kappa shape index (κ1) is 25.2. The number of aliphatic carboxylic acids is 1. The summed E-state index contributed by atoms with van der Waals surface area (Å²) in [5, 5.41) is 16.8. The van der Waals surface area contributed by atoms with Crippen molar-refractivity contribution in [1.29, 1.82) is 0 Å². The Morgan fingerprint density at radius 1 is 0.724 bits per heavy atom. The summed E-state index contributed by atoms with van der Waals surface area (Å²) in [5.41, 5.74) is 15.3. The number of hydrogen-bond acceptors (Lipinski definition) is 8. The van der Waals surface area contributed by atoms with Gasteiger partial charge in [0.25, 0.3) is 0 Å². The maximum atomic E-state index is 12.0.